The van der Waals surface area contributed by atoms with Crippen LogP contribution in [-0.4, -0.2) is 19.5 Å². The lowest BCUT2D eigenvalue weighted by molar-refractivity contribution is -0.387. The van der Waals surface area contributed by atoms with Gasteiger partial charge in [0.1, 0.15) is 0 Å². The zero-order valence-electron chi connectivity index (χ0n) is 10.6. The number of nitro groups is 1. The lowest BCUT2D eigenvalue weighted by Crippen LogP contribution is -1.97. The van der Waals surface area contributed by atoms with Gasteiger partial charge in [0, 0.05) is 23.6 Å². The number of aromatic nitrogens is 3. The normalized spacial score (nSPS) is 10.9. The summed E-state index contributed by atoms with van der Waals surface area (Å²) in [6.45, 7) is 0. The van der Waals surface area contributed by atoms with Crippen LogP contribution in [0.5, 0.6) is 0 Å². The molecule has 8 heteroatoms. The summed E-state index contributed by atoms with van der Waals surface area (Å²) in [5, 5.41) is 19.3. The van der Waals surface area contributed by atoms with Crippen molar-refractivity contribution in [2.24, 2.45) is 0 Å². The van der Waals surface area contributed by atoms with Crippen molar-refractivity contribution in [3.8, 4) is 0 Å². The molecule has 0 N–H and O–H groups in total. The fourth-order valence-corrected chi connectivity index (χ4v) is 2.78. The third-order valence-electron chi connectivity index (χ3n) is 2.89. The van der Waals surface area contributed by atoms with Gasteiger partial charge in [-0.05, 0) is 12.1 Å². The van der Waals surface area contributed by atoms with Gasteiger partial charge in [-0.25, -0.2) is 0 Å². The predicted molar refractivity (Wildman–Crippen MR) is 75.6 cm³/mol. The first-order chi connectivity index (χ1) is 10.2. The van der Waals surface area contributed by atoms with Gasteiger partial charge < -0.3 is 0 Å². The fourth-order valence-electron chi connectivity index (χ4n) is 1.88. The molecule has 0 spiro atoms. The molecule has 2 aromatic heterocycles. The van der Waals surface area contributed by atoms with Crippen molar-refractivity contribution in [3.63, 3.8) is 0 Å². The first-order valence-corrected chi connectivity index (χ1v) is 7.00. The zero-order valence-corrected chi connectivity index (χ0v) is 11.5. The molecule has 3 rings (SSSR count). The molecule has 0 atom stereocenters. The molecule has 0 aliphatic carbocycles. The number of hydrogen-bond donors (Lipinski definition) is 0. The number of nitro benzene ring substituents is 1. The van der Waals surface area contributed by atoms with E-state index in [0.717, 1.165) is 6.07 Å². The van der Waals surface area contributed by atoms with Gasteiger partial charge in [0.2, 0.25) is 5.82 Å². The Bertz CT molecular complexity index is 821. The van der Waals surface area contributed by atoms with Crippen molar-refractivity contribution in [2.45, 2.75) is 10.9 Å². The number of pyridine rings is 1. The highest BCUT2D eigenvalue weighted by molar-refractivity contribution is 7.98. The fraction of sp³-hybridized carbons (Fsp3) is 0.0769. The number of hydrogen-bond acceptors (Lipinski definition) is 5. The Hall–Kier alpha value is -2.48. The topological polar surface area (TPSA) is 73.3 Å². The second kappa shape index (κ2) is 5.49. The van der Waals surface area contributed by atoms with Crippen molar-refractivity contribution in [2.75, 3.05) is 0 Å². The van der Waals surface area contributed by atoms with Crippen molar-refractivity contribution in [1.82, 2.24) is 14.6 Å². The van der Waals surface area contributed by atoms with Crippen LogP contribution in [-0.2, 0) is 5.75 Å². The maximum Gasteiger partial charge on any atom is 0.305 e. The Kier molecular flexibility index (Phi) is 3.53. The smallest absolute Gasteiger partial charge is 0.277 e. The lowest BCUT2D eigenvalue weighted by atomic mass is 10.2. The molecule has 0 aliphatic rings. The summed E-state index contributed by atoms with van der Waals surface area (Å²) in [4.78, 5) is 9.99. The molecule has 0 aliphatic heterocycles. The Morgan fingerprint density at radius 2 is 2.10 bits per heavy atom. The molecule has 0 unspecified atom stereocenters. The Morgan fingerprint density at radius 1 is 1.24 bits per heavy atom. The summed E-state index contributed by atoms with van der Waals surface area (Å²) in [5.41, 5.74) is 0.445. The molecular weight excluding hydrogens is 295 g/mol. The van der Waals surface area contributed by atoms with Gasteiger partial charge >= 0.3 is 5.69 Å². The van der Waals surface area contributed by atoms with Crippen LogP contribution in [0.4, 0.5) is 10.1 Å². The monoisotopic (exact) mass is 304 g/mol. The Morgan fingerprint density at radius 3 is 2.90 bits per heavy atom. The van der Waals surface area contributed by atoms with E-state index in [2.05, 4.69) is 10.2 Å². The van der Waals surface area contributed by atoms with Gasteiger partial charge in [-0.15, -0.1) is 10.2 Å². The maximum atomic E-state index is 14.0. The molecule has 2 heterocycles. The van der Waals surface area contributed by atoms with Crippen LogP contribution in [0, 0.1) is 15.9 Å². The molecule has 3 aromatic rings. The molecule has 0 bridgehead atoms. The summed E-state index contributed by atoms with van der Waals surface area (Å²) in [7, 11) is 0. The molecule has 6 nitrogen and oxygen atoms in total. The van der Waals surface area contributed by atoms with E-state index in [9.17, 15) is 14.5 Å². The minimum Gasteiger partial charge on any atom is -0.277 e. The summed E-state index contributed by atoms with van der Waals surface area (Å²) in [6, 6.07) is 9.64. The van der Waals surface area contributed by atoms with Gasteiger partial charge in [0.05, 0.1) is 4.92 Å². The molecule has 0 amide bonds. The van der Waals surface area contributed by atoms with Crippen LogP contribution in [0.2, 0.25) is 0 Å². The Labute approximate surface area is 122 Å². The highest BCUT2D eigenvalue weighted by Crippen LogP contribution is 2.26. The van der Waals surface area contributed by atoms with Crippen LogP contribution in [0.3, 0.4) is 0 Å². The standard InChI is InChI=1S/C13H9FN4O2S/c14-12-9(4-3-5-10(12)18(19)20)8-21-13-16-15-11-6-1-2-7-17(11)13/h1-7H,8H2. The Balaban J connectivity index is 1.85. The van der Waals surface area contributed by atoms with Crippen LogP contribution < -0.4 is 0 Å². The molecule has 0 fully saturated rings. The van der Waals surface area contributed by atoms with Gasteiger partial charge in [0.15, 0.2) is 10.8 Å². The highest BCUT2D eigenvalue weighted by Gasteiger charge is 2.17. The summed E-state index contributed by atoms with van der Waals surface area (Å²) >= 11 is 1.27. The van der Waals surface area contributed by atoms with Gasteiger partial charge in [-0.2, -0.15) is 4.39 Å². The predicted octanol–water partition coefficient (Wildman–Crippen LogP) is 3.07. The lowest BCUT2D eigenvalue weighted by Gasteiger charge is -2.02. The van der Waals surface area contributed by atoms with E-state index in [-0.39, 0.29) is 11.3 Å². The third kappa shape index (κ3) is 2.57. The van der Waals surface area contributed by atoms with Crippen molar-refractivity contribution < 1.29 is 9.31 Å². The number of halogens is 1. The number of rotatable bonds is 4. The molecule has 21 heavy (non-hydrogen) atoms. The minimum atomic E-state index is -0.802. The first kappa shape index (κ1) is 13.5. The SMILES string of the molecule is O=[N+]([O-])c1cccc(CSc2nnc3ccccn23)c1F. The van der Waals surface area contributed by atoms with Gasteiger partial charge in [0.25, 0.3) is 0 Å². The van der Waals surface area contributed by atoms with Crippen LogP contribution in [0.25, 0.3) is 5.65 Å². The van der Waals surface area contributed by atoms with Crippen LogP contribution in [0.1, 0.15) is 5.56 Å². The van der Waals surface area contributed by atoms with E-state index in [0.29, 0.717) is 10.8 Å². The van der Waals surface area contributed by atoms with Crippen molar-refractivity contribution in [1.29, 1.82) is 0 Å². The third-order valence-corrected chi connectivity index (χ3v) is 3.89. The van der Waals surface area contributed by atoms with E-state index in [1.54, 1.807) is 4.40 Å². The number of fused-ring (bicyclic) bond motifs is 1. The summed E-state index contributed by atoms with van der Waals surface area (Å²) in [6.07, 6.45) is 1.81. The zero-order chi connectivity index (χ0) is 14.8. The quantitative estimate of drug-likeness (QED) is 0.421. The second-order valence-electron chi connectivity index (χ2n) is 4.21. The van der Waals surface area contributed by atoms with E-state index in [1.807, 2.05) is 24.4 Å². The maximum absolute atomic E-state index is 14.0. The van der Waals surface area contributed by atoms with Gasteiger partial charge in [-0.3, -0.25) is 14.5 Å². The number of nitrogens with zero attached hydrogens (tertiary/aromatic N) is 4. The largest absolute Gasteiger partial charge is 0.305 e. The second-order valence-corrected chi connectivity index (χ2v) is 5.15. The van der Waals surface area contributed by atoms with Crippen LogP contribution in [0.15, 0.2) is 47.8 Å². The van der Waals surface area contributed by atoms with E-state index >= 15 is 0 Å². The first-order valence-electron chi connectivity index (χ1n) is 6.01. The van der Waals surface area contributed by atoms with E-state index < -0.39 is 16.4 Å². The molecular formula is C13H9FN4O2S. The van der Waals surface area contributed by atoms with Gasteiger partial charge in [-0.1, -0.05) is 30.0 Å². The van der Waals surface area contributed by atoms with Crippen molar-refractivity contribution >= 4 is 23.1 Å². The summed E-state index contributed by atoms with van der Waals surface area (Å²) in [5.74, 6) is -0.563. The molecule has 0 radical (unpaired) electrons. The number of thioether (sulfide) groups is 1. The molecule has 0 saturated carbocycles. The number of benzene rings is 1. The van der Waals surface area contributed by atoms with Crippen molar-refractivity contribution in [3.05, 3.63) is 64.1 Å². The molecule has 0 saturated heterocycles. The average molecular weight is 304 g/mol. The highest BCUT2D eigenvalue weighted by atomic mass is 32.2. The summed E-state index contributed by atoms with van der Waals surface area (Å²) < 4.78 is 15.7. The van der Waals surface area contributed by atoms with E-state index in [1.165, 1.54) is 23.9 Å². The van der Waals surface area contributed by atoms with E-state index in [4.69, 9.17) is 0 Å². The molecule has 1 aromatic carbocycles. The molecule has 106 valence electrons. The van der Waals surface area contributed by atoms with Crippen LogP contribution >= 0.6 is 11.8 Å². The minimum absolute atomic E-state index is 0.239. The average Bonchev–Trinajstić information content (AvgIpc) is 2.89.